The zero-order chi connectivity index (χ0) is 15.6. The number of anilines is 1. The summed E-state index contributed by atoms with van der Waals surface area (Å²) in [6.07, 6.45) is -4.72. The lowest BCUT2D eigenvalue weighted by atomic mass is 10.2. The van der Waals surface area contributed by atoms with E-state index < -0.39 is 40.2 Å². The number of hydrogen-bond acceptors (Lipinski definition) is 4. The molecule has 1 aromatic carbocycles. The second-order valence-corrected chi connectivity index (χ2v) is 5.08. The van der Waals surface area contributed by atoms with Gasteiger partial charge in [0.1, 0.15) is 17.9 Å². The number of aromatic carboxylic acids is 1. The fraction of sp³-hybridized carbons (Fsp3) is 0.222. The molecular weight excluding hydrogens is 305 g/mol. The van der Waals surface area contributed by atoms with Crippen molar-refractivity contribution in [3.63, 3.8) is 0 Å². The first kappa shape index (κ1) is 16.0. The average molecular weight is 314 g/mol. The number of carboxylic acid groups (broad SMARTS) is 1. The van der Waals surface area contributed by atoms with E-state index in [-0.39, 0.29) is 5.69 Å². The lowest BCUT2D eigenvalue weighted by Gasteiger charge is -2.11. The molecule has 0 aromatic heterocycles. The van der Waals surface area contributed by atoms with Crippen LogP contribution in [-0.4, -0.2) is 37.3 Å². The molecule has 0 spiro atoms. The predicted octanol–water partition coefficient (Wildman–Crippen LogP) is 0.899. The predicted molar refractivity (Wildman–Crippen MR) is 61.7 cm³/mol. The molecule has 0 aliphatic heterocycles. The highest BCUT2D eigenvalue weighted by molar-refractivity contribution is 7.90. The van der Waals surface area contributed by atoms with Crippen LogP contribution < -0.4 is 9.44 Å². The van der Waals surface area contributed by atoms with Gasteiger partial charge in [-0.1, -0.05) is 0 Å². The van der Waals surface area contributed by atoms with Crippen LogP contribution in [0.1, 0.15) is 10.4 Å². The second kappa shape index (κ2) is 5.54. The van der Waals surface area contributed by atoms with Crippen molar-refractivity contribution in [2.24, 2.45) is 0 Å². The number of rotatable bonds is 5. The van der Waals surface area contributed by atoms with E-state index in [4.69, 9.17) is 5.11 Å². The van der Waals surface area contributed by atoms with E-state index in [9.17, 15) is 31.5 Å². The molecule has 20 heavy (non-hydrogen) atoms. The minimum Gasteiger partial charge on any atom is -0.507 e. The maximum Gasteiger partial charge on any atom is 0.402 e. The molecule has 0 saturated heterocycles. The zero-order valence-corrected chi connectivity index (χ0v) is 10.4. The van der Waals surface area contributed by atoms with Crippen molar-refractivity contribution in [2.45, 2.75) is 6.18 Å². The maximum atomic E-state index is 11.9. The normalized spacial score (nSPS) is 12.2. The molecule has 1 aromatic rings. The van der Waals surface area contributed by atoms with Crippen molar-refractivity contribution >= 4 is 21.9 Å². The number of alkyl halides is 3. The molecule has 11 heteroatoms. The topological polar surface area (TPSA) is 116 Å². The Balaban J connectivity index is 2.83. The van der Waals surface area contributed by atoms with Crippen LogP contribution in [0.15, 0.2) is 18.2 Å². The summed E-state index contributed by atoms with van der Waals surface area (Å²) in [4.78, 5) is 10.6. The Morgan fingerprint density at radius 1 is 1.30 bits per heavy atom. The maximum absolute atomic E-state index is 11.9. The summed E-state index contributed by atoms with van der Waals surface area (Å²) in [6.45, 7) is -1.76. The van der Waals surface area contributed by atoms with Crippen LogP contribution >= 0.6 is 0 Å². The highest BCUT2D eigenvalue weighted by Crippen LogP contribution is 2.22. The lowest BCUT2D eigenvalue weighted by Crippen LogP contribution is -2.37. The van der Waals surface area contributed by atoms with E-state index in [2.05, 4.69) is 0 Å². The molecule has 112 valence electrons. The van der Waals surface area contributed by atoms with Crippen LogP contribution in [0.25, 0.3) is 0 Å². The Morgan fingerprint density at radius 3 is 2.35 bits per heavy atom. The molecule has 0 aliphatic carbocycles. The van der Waals surface area contributed by atoms with Gasteiger partial charge < -0.3 is 10.2 Å². The van der Waals surface area contributed by atoms with Crippen molar-refractivity contribution in [2.75, 3.05) is 11.3 Å². The molecule has 0 amide bonds. The Morgan fingerprint density at radius 2 is 1.90 bits per heavy atom. The monoisotopic (exact) mass is 314 g/mol. The Kier molecular flexibility index (Phi) is 4.45. The molecule has 0 fully saturated rings. The third-order valence-electron chi connectivity index (χ3n) is 1.94. The largest absolute Gasteiger partial charge is 0.507 e. The summed E-state index contributed by atoms with van der Waals surface area (Å²) in [6, 6.07) is 2.64. The molecule has 7 nitrogen and oxygen atoms in total. The number of nitrogens with one attached hydrogen (secondary N) is 2. The van der Waals surface area contributed by atoms with E-state index in [1.807, 2.05) is 0 Å². The standard InChI is InChI=1S/C9H9F3N2O5S/c10-9(11,12)4-13-20(18,19)14-5-1-2-6(8(16)17)7(15)3-5/h1-3,13-15H,4H2,(H,16,17). The van der Waals surface area contributed by atoms with E-state index in [1.54, 1.807) is 4.72 Å². The molecule has 0 aliphatic rings. The second-order valence-electron chi connectivity index (χ2n) is 3.58. The van der Waals surface area contributed by atoms with E-state index in [1.165, 1.54) is 4.72 Å². The van der Waals surface area contributed by atoms with Gasteiger partial charge in [0.15, 0.2) is 0 Å². The molecule has 0 heterocycles. The highest BCUT2D eigenvalue weighted by Gasteiger charge is 2.29. The van der Waals surface area contributed by atoms with Crippen molar-refractivity contribution in [3.8, 4) is 5.75 Å². The van der Waals surface area contributed by atoms with E-state index in [0.29, 0.717) is 0 Å². The SMILES string of the molecule is O=C(O)c1ccc(NS(=O)(=O)NCC(F)(F)F)cc1O. The molecule has 0 radical (unpaired) electrons. The quantitative estimate of drug-likeness (QED) is 0.644. The number of phenols is 1. The minimum atomic E-state index is -4.72. The van der Waals surface area contributed by atoms with Gasteiger partial charge in [0.25, 0.3) is 10.2 Å². The highest BCUT2D eigenvalue weighted by atomic mass is 32.2. The van der Waals surface area contributed by atoms with Gasteiger partial charge in [-0.3, -0.25) is 4.72 Å². The fourth-order valence-electron chi connectivity index (χ4n) is 1.14. The van der Waals surface area contributed by atoms with Crippen molar-refractivity contribution in [3.05, 3.63) is 23.8 Å². The van der Waals surface area contributed by atoms with Gasteiger partial charge in [0.2, 0.25) is 0 Å². The van der Waals surface area contributed by atoms with Crippen LogP contribution in [0.2, 0.25) is 0 Å². The zero-order valence-electron chi connectivity index (χ0n) is 9.60. The number of halogens is 3. The third kappa shape index (κ3) is 4.93. The molecule has 4 N–H and O–H groups in total. The number of carboxylic acids is 1. The molecular formula is C9H9F3N2O5S. The summed E-state index contributed by atoms with van der Waals surface area (Å²) < 4.78 is 61.1. The van der Waals surface area contributed by atoms with Crippen LogP contribution in [0.4, 0.5) is 18.9 Å². The number of carbonyl (C=O) groups is 1. The fourth-order valence-corrected chi connectivity index (χ4v) is 2.01. The summed E-state index contributed by atoms with van der Waals surface area (Å²) >= 11 is 0. The van der Waals surface area contributed by atoms with Crippen molar-refractivity contribution in [1.29, 1.82) is 0 Å². The number of benzene rings is 1. The van der Waals surface area contributed by atoms with Crippen LogP contribution in [0.3, 0.4) is 0 Å². The van der Waals surface area contributed by atoms with Gasteiger partial charge in [0, 0.05) is 6.07 Å². The Hall–Kier alpha value is -2.01. The minimum absolute atomic E-state index is 0.290. The molecule has 0 atom stereocenters. The van der Waals surface area contributed by atoms with Crippen LogP contribution in [0, 0.1) is 0 Å². The number of aromatic hydroxyl groups is 1. The van der Waals surface area contributed by atoms with Gasteiger partial charge in [-0.2, -0.15) is 26.3 Å². The first-order valence-electron chi connectivity index (χ1n) is 4.91. The lowest BCUT2D eigenvalue weighted by molar-refractivity contribution is -0.121. The summed E-state index contributed by atoms with van der Waals surface area (Å²) in [5, 5.41) is 17.9. The van der Waals surface area contributed by atoms with Gasteiger partial charge in [0.05, 0.1) is 5.69 Å². The van der Waals surface area contributed by atoms with Gasteiger partial charge in [-0.25, -0.2) is 4.79 Å². The first-order valence-corrected chi connectivity index (χ1v) is 6.39. The van der Waals surface area contributed by atoms with Crippen LogP contribution in [-0.2, 0) is 10.2 Å². The smallest absolute Gasteiger partial charge is 0.402 e. The molecule has 0 bridgehead atoms. The number of hydrogen-bond donors (Lipinski definition) is 4. The molecule has 1 rings (SSSR count). The Bertz CT molecular complexity index is 614. The van der Waals surface area contributed by atoms with Crippen molar-refractivity contribution in [1.82, 2.24) is 4.72 Å². The van der Waals surface area contributed by atoms with E-state index in [0.717, 1.165) is 18.2 Å². The van der Waals surface area contributed by atoms with E-state index >= 15 is 0 Å². The third-order valence-corrected chi connectivity index (χ3v) is 2.97. The van der Waals surface area contributed by atoms with Gasteiger partial charge in [-0.05, 0) is 12.1 Å². The first-order chi connectivity index (χ1) is 9.00. The molecule has 0 unspecified atom stereocenters. The van der Waals surface area contributed by atoms with Gasteiger partial charge >= 0.3 is 12.1 Å². The summed E-state index contributed by atoms with van der Waals surface area (Å²) in [7, 11) is -4.50. The summed E-state index contributed by atoms with van der Waals surface area (Å²) in [5.41, 5.74) is -0.765. The average Bonchev–Trinajstić information content (AvgIpc) is 2.24. The van der Waals surface area contributed by atoms with Gasteiger partial charge in [-0.15, -0.1) is 0 Å². The van der Waals surface area contributed by atoms with Crippen LogP contribution in [0.5, 0.6) is 5.75 Å². The molecule has 0 saturated carbocycles. The van der Waals surface area contributed by atoms with Crippen molar-refractivity contribution < 1.29 is 36.6 Å². The summed E-state index contributed by atoms with van der Waals surface area (Å²) in [5.74, 6) is -2.17. The Labute approximate surface area is 111 Å².